The molecule has 7 nitrogen and oxygen atoms in total. The van der Waals surface area contributed by atoms with Crippen LogP contribution in [0.25, 0.3) is 0 Å². The molecule has 0 heterocycles. The molecule has 0 spiro atoms. The monoisotopic (exact) mass is 326 g/mol. The largest absolute Gasteiger partial charge is 5.00 e. The second-order valence-corrected chi connectivity index (χ2v) is 0.250. The Balaban J connectivity index is -0.000000000952. The molecule has 0 aromatic rings. The van der Waals surface area contributed by atoms with E-state index in [1.807, 2.05) is 0 Å². The van der Waals surface area contributed by atoms with Gasteiger partial charge in [0.15, 0.2) is 0 Å². The van der Waals surface area contributed by atoms with E-state index < -0.39 is 9.29 Å². The van der Waals surface area contributed by atoms with E-state index in [4.69, 9.17) is 8.92 Å². The van der Waals surface area contributed by atoms with Gasteiger partial charge in [0.05, 0.1) is 0 Å². The molecule has 0 atom stereocenters. The first-order chi connectivity index (χ1) is 1.41. The van der Waals surface area contributed by atoms with E-state index in [-0.39, 0.29) is 72.1 Å². The van der Waals surface area contributed by atoms with Crippen LogP contribution in [0.2, 0.25) is 0 Å². The van der Waals surface area contributed by atoms with Crippen molar-refractivity contribution in [2.24, 2.45) is 0 Å². The Morgan fingerprint density at radius 1 is 0.600 bits per heavy atom. The first-order valence-electron chi connectivity index (χ1n) is 0.408. The number of rotatable bonds is 0. The third kappa shape index (κ3) is 495. The summed E-state index contributed by atoms with van der Waals surface area (Å²) in [6.07, 6.45) is 0. The molecule has 0 bridgehead atoms. The molecule has 0 aliphatic heterocycles. The maximum absolute atomic E-state index is 8.40. The molecule has 10 heteroatoms. The van der Waals surface area contributed by atoms with Gasteiger partial charge in [0.2, 0.25) is 0 Å². The summed E-state index contributed by atoms with van der Waals surface area (Å²) in [5.41, 5.74) is 0. The number of hydrogen-bond donors (Lipinski definition) is 0. The van der Waals surface area contributed by atoms with Gasteiger partial charge in [-0.05, 0) is 0 Å². The summed E-state index contributed by atoms with van der Waals surface area (Å²) in [5, 5.41) is 0. The number of hydrogen-bond acceptors (Lipinski definition) is 2. The molecule has 56 valence electrons. The Hall–Kier alpha value is 1.10. The molecule has 0 saturated carbocycles. The van der Waals surface area contributed by atoms with Gasteiger partial charge in [-0.3, -0.25) is 8.92 Å². The van der Waals surface area contributed by atoms with Crippen LogP contribution in [0.3, 0.4) is 0 Å². The van der Waals surface area contributed by atoms with Gasteiger partial charge in [-0.1, -0.05) is 0 Å². The zero-order valence-corrected chi connectivity index (χ0v) is 9.65. The average molecular weight is 326 g/mol. The molecule has 0 amide bonds. The van der Waals surface area contributed by atoms with E-state index in [1.54, 1.807) is 0 Å². The average Bonchev–Trinajstić information content (AvgIpc) is 0.918. The Labute approximate surface area is 90.1 Å². The molecule has 0 rings (SSSR count). The summed E-state index contributed by atoms with van der Waals surface area (Å²) in [5.74, 6) is 0. The second-order valence-electron chi connectivity index (χ2n) is 0.0833. The van der Waals surface area contributed by atoms with E-state index in [0.29, 0.717) is 0 Å². The second kappa shape index (κ2) is 190. The molecule has 10 heavy (non-hydrogen) atoms. The van der Waals surface area contributed by atoms with Gasteiger partial charge in [0.1, 0.15) is 0 Å². The van der Waals surface area contributed by atoms with Crippen molar-refractivity contribution in [2.75, 3.05) is 0 Å². The SMILES string of the molecule is O=[Si]=O.[Nb+5].[Nb+5].[O-2].[O-2].[O-2].[O-2].[O-2]. The van der Waals surface area contributed by atoms with Gasteiger partial charge in [0.25, 0.3) is 0 Å². The summed E-state index contributed by atoms with van der Waals surface area (Å²) in [7, 11) is -1.42. The Kier molecular flexibility index (Phi) is 2240. The normalized spacial score (nSPS) is 0.800. The summed E-state index contributed by atoms with van der Waals surface area (Å²) in [6, 6.07) is 0. The van der Waals surface area contributed by atoms with E-state index in [0.717, 1.165) is 0 Å². The van der Waals surface area contributed by atoms with E-state index >= 15 is 0 Å². The van der Waals surface area contributed by atoms with Crippen molar-refractivity contribution < 1.29 is 81.1 Å². The zero-order valence-electron chi connectivity index (χ0n) is 4.25. The van der Waals surface area contributed by atoms with Crippen molar-refractivity contribution >= 4 is 9.29 Å². The maximum atomic E-state index is 8.40. The first-order valence-corrected chi connectivity index (χ1v) is 1.22. The van der Waals surface area contributed by atoms with Crippen molar-refractivity contribution in [3.63, 3.8) is 0 Å². The quantitative estimate of drug-likeness (QED) is 0.507. The van der Waals surface area contributed by atoms with Crippen LogP contribution in [0.15, 0.2) is 0 Å². The molecule has 0 aliphatic rings. The molecule has 0 aromatic heterocycles. The van der Waals surface area contributed by atoms with Crippen molar-refractivity contribution in [3.8, 4) is 0 Å². The Morgan fingerprint density at radius 3 is 0.600 bits per heavy atom. The van der Waals surface area contributed by atoms with Gasteiger partial charge < -0.3 is 27.4 Å². The van der Waals surface area contributed by atoms with Crippen molar-refractivity contribution in [2.45, 2.75) is 0 Å². The summed E-state index contributed by atoms with van der Waals surface area (Å²) in [6.45, 7) is 0. The van der Waals surface area contributed by atoms with Crippen LogP contribution in [0, 0.1) is 0 Å². The fourth-order valence-corrected chi connectivity index (χ4v) is 0. The van der Waals surface area contributed by atoms with Crippen LogP contribution in [-0.4, -0.2) is 9.29 Å². The van der Waals surface area contributed by atoms with Gasteiger partial charge in [-0.2, -0.15) is 0 Å². The first kappa shape index (κ1) is 118. The van der Waals surface area contributed by atoms with Crippen molar-refractivity contribution in [3.05, 3.63) is 0 Å². The zero-order chi connectivity index (χ0) is 2.71. The summed E-state index contributed by atoms with van der Waals surface area (Å²) in [4.78, 5) is 0. The predicted octanol–water partition coefficient (Wildman–Crippen LogP) is -1.22. The van der Waals surface area contributed by atoms with E-state index in [2.05, 4.69) is 0 Å². The topological polar surface area (TPSA) is 177 Å². The molecular formula is Nb2O7Si. The molecule has 0 unspecified atom stereocenters. The minimum Gasteiger partial charge on any atom is -2.00 e. The fraction of sp³-hybridized carbons (Fsp3) is 0. The molecule has 0 radical (unpaired) electrons. The summed E-state index contributed by atoms with van der Waals surface area (Å²) < 4.78 is 16.8. The third-order valence-electron chi connectivity index (χ3n) is 0. The van der Waals surface area contributed by atoms with Crippen LogP contribution in [0.1, 0.15) is 0 Å². The van der Waals surface area contributed by atoms with Gasteiger partial charge >= 0.3 is 54.1 Å². The maximum Gasteiger partial charge on any atom is 5.00 e. The predicted molar refractivity (Wildman–Crippen MR) is 10.6 cm³/mol. The Bertz CT molecular complexity index is 32.6. The van der Waals surface area contributed by atoms with Crippen LogP contribution >= 0.6 is 0 Å². The van der Waals surface area contributed by atoms with Gasteiger partial charge in [0, 0.05) is 0 Å². The Morgan fingerprint density at radius 2 is 0.600 bits per heavy atom. The van der Waals surface area contributed by atoms with Crippen molar-refractivity contribution in [1.29, 1.82) is 0 Å². The molecule has 0 N–H and O–H groups in total. The summed E-state index contributed by atoms with van der Waals surface area (Å²) >= 11 is 0. The molecule has 0 aliphatic carbocycles. The smallest absolute Gasteiger partial charge is 2.00 e. The van der Waals surface area contributed by atoms with E-state index in [9.17, 15) is 0 Å². The molecule has 0 aromatic carbocycles. The third-order valence-corrected chi connectivity index (χ3v) is 0. The van der Waals surface area contributed by atoms with Crippen molar-refractivity contribution in [1.82, 2.24) is 0 Å². The minimum atomic E-state index is -1.42. The molecule has 0 saturated heterocycles. The fourth-order valence-electron chi connectivity index (χ4n) is 0. The standard InChI is InChI=1S/2Nb.O2Si.5O/c;;1-3-2;;;;;/q2*+5;;5*-2. The molecular weight excluding hydrogens is 326 g/mol. The van der Waals surface area contributed by atoms with E-state index in [1.165, 1.54) is 0 Å². The van der Waals surface area contributed by atoms with Gasteiger partial charge in [-0.15, -0.1) is 0 Å². The minimum absolute atomic E-state index is 0. The van der Waals surface area contributed by atoms with Crippen LogP contribution in [0.5, 0.6) is 0 Å². The van der Waals surface area contributed by atoms with Gasteiger partial charge in [-0.25, -0.2) is 0 Å². The van der Waals surface area contributed by atoms with Crippen LogP contribution in [-0.2, 0) is 81.1 Å². The van der Waals surface area contributed by atoms with Crippen LogP contribution in [0.4, 0.5) is 0 Å². The molecule has 0 fully saturated rings. The van der Waals surface area contributed by atoms with Crippen LogP contribution < -0.4 is 0 Å².